The summed E-state index contributed by atoms with van der Waals surface area (Å²) >= 11 is 0. The molecule has 2 aliphatic carbocycles. The molecule has 0 bridgehead atoms. The number of rotatable bonds is 4. The zero-order valence-electron chi connectivity index (χ0n) is 24.5. The van der Waals surface area contributed by atoms with Crippen LogP contribution in [0.5, 0.6) is 0 Å². The molecule has 0 aromatic heterocycles. The molecule has 1 spiro atoms. The summed E-state index contributed by atoms with van der Waals surface area (Å²) in [4.78, 5) is 10.1. The van der Waals surface area contributed by atoms with Crippen molar-refractivity contribution < 1.29 is 0 Å². The summed E-state index contributed by atoms with van der Waals surface area (Å²) in [5.74, 6) is 1.07. The van der Waals surface area contributed by atoms with Gasteiger partial charge in [-0.3, -0.25) is 4.99 Å². The number of benzene rings is 6. The molecule has 0 saturated carbocycles. The molecule has 0 aliphatic heterocycles. The molecular weight excluding hydrogens is 534 g/mol. The van der Waals surface area contributed by atoms with E-state index in [0.29, 0.717) is 11.7 Å². The lowest BCUT2D eigenvalue weighted by molar-refractivity contribution is 0.793. The first kappa shape index (κ1) is 26.1. The summed E-state index contributed by atoms with van der Waals surface area (Å²) < 4.78 is 0. The van der Waals surface area contributed by atoms with Gasteiger partial charge in [0.1, 0.15) is 5.84 Å². The number of amidine groups is 2. The fourth-order valence-electron chi connectivity index (χ4n) is 7.18. The Morgan fingerprint density at radius 3 is 1.57 bits per heavy atom. The normalized spacial score (nSPS) is 14.9. The minimum absolute atomic E-state index is 0.0766. The molecule has 3 heteroatoms. The summed E-state index contributed by atoms with van der Waals surface area (Å²) in [5, 5.41) is 0. The largest absolute Gasteiger partial charge is 0.383 e. The molecule has 2 N–H and O–H groups in total. The second-order valence-electron chi connectivity index (χ2n) is 11.5. The predicted octanol–water partition coefficient (Wildman–Crippen LogP) is 8.94. The van der Waals surface area contributed by atoms with E-state index in [0.717, 1.165) is 16.7 Å². The van der Waals surface area contributed by atoms with E-state index in [2.05, 4.69) is 110 Å². The van der Waals surface area contributed by atoms with Crippen LogP contribution in [0.3, 0.4) is 0 Å². The SMILES string of the molecule is CC(N=C(N=C(N)c1ccc2c(c1)C1(c3ccccc3-c3ccccc31)c1ccccc1-2)c1ccccc1)c1ccccc1. The van der Waals surface area contributed by atoms with E-state index in [1.807, 2.05) is 48.5 Å². The van der Waals surface area contributed by atoms with Crippen molar-refractivity contribution in [3.05, 3.63) is 191 Å². The van der Waals surface area contributed by atoms with Crippen molar-refractivity contribution in [3.8, 4) is 22.3 Å². The zero-order valence-corrected chi connectivity index (χ0v) is 24.5. The summed E-state index contributed by atoms with van der Waals surface area (Å²) in [6, 6.07) is 53.4. The van der Waals surface area contributed by atoms with Gasteiger partial charge < -0.3 is 5.73 Å². The molecule has 2 aliphatic rings. The van der Waals surface area contributed by atoms with E-state index in [1.165, 1.54) is 44.5 Å². The summed E-state index contributed by atoms with van der Waals surface area (Å²) in [7, 11) is 0. The van der Waals surface area contributed by atoms with Crippen LogP contribution >= 0.6 is 0 Å². The van der Waals surface area contributed by atoms with E-state index in [-0.39, 0.29) is 6.04 Å². The lowest BCUT2D eigenvalue weighted by Crippen LogP contribution is -2.26. The predicted molar refractivity (Wildman–Crippen MR) is 181 cm³/mol. The van der Waals surface area contributed by atoms with Gasteiger partial charge in [-0.05, 0) is 63.1 Å². The van der Waals surface area contributed by atoms with Crippen molar-refractivity contribution in [2.24, 2.45) is 15.7 Å². The van der Waals surface area contributed by atoms with Crippen LogP contribution in [-0.2, 0) is 5.41 Å². The van der Waals surface area contributed by atoms with Crippen molar-refractivity contribution in [3.63, 3.8) is 0 Å². The summed E-state index contributed by atoms with van der Waals surface area (Å²) in [5.41, 5.74) is 19.6. The van der Waals surface area contributed by atoms with Gasteiger partial charge in [-0.2, -0.15) is 0 Å². The smallest absolute Gasteiger partial charge is 0.157 e. The first-order valence-corrected chi connectivity index (χ1v) is 15.1. The van der Waals surface area contributed by atoms with E-state index in [9.17, 15) is 0 Å². The van der Waals surface area contributed by atoms with Crippen LogP contribution in [0.1, 0.15) is 51.9 Å². The van der Waals surface area contributed by atoms with Gasteiger partial charge in [-0.15, -0.1) is 0 Å². The third kappa shape index (κ3) is 3.90. The molecule has 210 valence electrons. The highest BCUT2D eigenvalue weighted by Gasteiger charge is 2.51. The van der Waals surface area contributed by atoms with Crippen molar-refractivity contribution in [2.45, 2.75) is 18.4 Å². The van der Waals surface area contributed by atoms with Crippen molar-refractivity contribution in [1.82, 2.24) is 0 Å². The Bertz CT molecular complexity index is 2030. The molecule has 6 aromatic rings. The number of fused-ring (bicyclic) bond motifs is 10. The fraction of sp³-hybridized carbons (Fsp3) is 0.0732. The van der Waals surface area contributed by atoms with Crippen LogP contribution in [-0.4, -0.2) is 11.7 Å². The van der Waals surface area contributed by atoms with E-state index >= 15 is 0 Å². The number of nitrogens with two attached hydrogens (primary N) is 1. The average molecular weight is 566 g/mol. The summed E-state index contributed by atoms with van der Waals surface area (Å²) in [6.45, 7) is 2.09. The number of aliphatic imine (C=N–C) groups is 2. The molecule has 0 saturated heterocycles. The molecule has 44 heavy (non-hydrogen) atoms. The molecule has 0 amide bonds. The first-order chi connectivity index (χ1) is 21.7. The zero-order chi connectivity index (χ0) is 29.7. The molecule has 1 atom stereocenters. The Hall–Kier alpha value is -5.54. The molecular formula is C41H31N3. The number of hydrogen-bond acceptors (Lipinski definition) is 1. The summed E-state index contributed by atoms with van der Waals surface area (Å²) in [6.07, 6.45) is 0. The lowest BCUT2D eigenvalue weighted by Gasteiger charge is -2.30. The van der Waals surface area contributed by atoms with Crippen LogP contribution in [0, 0.1) is 0 Å². The molecule has 0 fully saturated rings. The van der Waals surface area contributed by atoms with Gasteiger partial charge in [0.05, 0.1) is 11.5 Å². The minimum atomic E-state index is -0.423. The molecule has 6 aromatic carbocycles. The lowest BCUT2D eigenvalue weighted by atomic mass is 9.70. The standard InChI is InChI=1S/C41H31N3/c1-27(28-14-4-2-5-15-28)43-40(29-16-6-3-7-17-29)44-39(42)30-24-25-34-33-20-10-13-23-37(33)41(38(34)26-30)35-21-11-8-18-31(35)32-19-9-12-22-36(32)41/h2-27H,1H3,(H2,42,43,44). The van der Waals surface area contributed by atoms with Crippen LogP contribution in [0.25, 0.3) is 22.3 Å². The topological polar surface area (TPSA) is 50.7 Å². The number of hydrogen-bond donors (Lipinski definition) is 1. The Morgan fingerprint density at radius 2 is 1.00 bits per heavy atom. The molecule has 0 heterocycles. The monoisotopic (exact) mass is 565 g/mol. The molecule has 1 unspecified atom stereocenters. The first-order valence-electron chi connectivity index (χ1n) is 15.1. The third-order valence-corrected chi connectivity index (χ3v) is 9.15. The number of nitrogens with zero attached hydrogens (tertiary/aromatic N) is 2. The maximum atomic E-state index is 6.89. The van der Waals surface area contributed by atoms with E-state index in [1.54, 1.807) is 0 Å². The Balaban J connectivity index is 1.32. The second-order valence-corrected chi connectivity index (χ2v) is 11.5. The van der Waals surface area contributed by atoms with Crippen molar-refractivity contribution >= 4 is 11.7 Å². The molecule has 8 rings (SSSR count). The average Bonchev–Trinajstić information content (AvgIpc) is 3.56. The van der Waals surface area contributed by atoms with Crippen LogP contribution in [0.4, 0.5) is 0 Å². The quantitative estimate of drug-likeness (QED) is 0.168. The Morgan fingerprint density at radius 1 is 0.523 bits per heavy atom. The van der Waals surface area contributed by atoms with Crippen LogP contribution < -0.4 is 5.73 Å². The van der Waals surface area contributed by atoms with Gasteiger partial charge in [-0.25, -0.2) is 4.99 Å². The highest BCUT2D eigenvalue weighted by molar-refractivity contribution is 6.11. The van der Waals surface area contributed by atoms with Gasteiger partial charge >= 0.3 is 0 Å². The minimum Gasteiger partial charge on any atom is -0.383 e. The van der Waals surface area contributed by atoms with Gasteiger partial charge in [0, 0.05) is 11.1 Å². The van der Waals surface area contributed by atoms with Gasteiger partial charge in [0.15, 0.2) is 5.84 Å². The highest BCUT2D eigenvalue weighted by Crippen LogP contribution is 2.62. The maximum absolute atomic E-state index is 6.89. The third-order valence-electron chi connectivity index (χ3n) is 9.15. The van der Waals surface area contributed by atoms with E-state index < -0.39 is 5.41 Å². The van der Waals surface area contributed by atoms with E-state index in [4.69, 9.17) is 15.7 Å². The highest BCUT2D eigenvalue weighted by atomic mass is 15.0. The maximum Gasteiger partial charge on any atom is 0.157 e. The Labute approximate surface area is 258 Å². The van der Waals surface area contributed by atoms with Crippen molar-refractivity contribution in [2.75, 3.05) is 0 Å². The van der Waals surface area contributed by atoms with Crippen LogP contribution in [0.2, 0.25) is 0 Å². The molecule has 3 nitrogen and oxygen atoms in total. The molecule has 0 radical (unpaired) electrons. The van der Waals surface area contributed by atoms with Crippen LogP contribution in [0.15, 0.2) is 162 Å². The van der Waals surface area contributed by atoms with Gasteiger partial charge in [0.25, 0.3) is 0 Å². The Kier molecular flexibility index (Phi) is 6.13. The van der Waals surface area contributed by atoms with Gasteiger partial charge in [-0.1, -0.05) is 146 Å². The van der Waals surface area contributed by atoms with Gasteiger partial charge in [0.2, 0.25) is 0 Å². The van der Waals surface area contributed by atoms with Crippen molar-refractivity contribution in [1.29, 1.82) is 0 Å². The second kappa shape index (κ2) is 10.3. The fourth-order valence-corrected chi connectivity index (χ4v) is 7.18.